The van der Waals surface area contributed by atoms with E-state index in [1.54, 1.807) is 17.2 Å². The van der Waals surface area contributed by atoms with Crippen LogP contribution in [0.25, 0.3) is 10.8 Å². The molecule has 1 aromatic heterocycles. The molecule has 27 heavy (non-hydrogen) atoms. The van der Waals surface area contributed by atoms with Gasteiger partial charge in [0, 0.05) is 30.0 Å². The minimum atomic E-state index is -0.662. The molecular formula is C20H16N4O3. The Labute approximate surface area is 154 Å². The van der Waals surface area contributed by atoms with E-state index in [1.807, 2.05) is 30.5 Å². The number of amides is 3. The molecule has 1 unspecified atom stereocenters. The van der Waals surface area contributed by atoms with Gasteiger partial charge < -0.3 is 0 Å². The molecule has 1 atom stereocenters. The number of benzene rings is 2. The van der Waals surface area contributed by atoms with E-state index in [2.05, 4.69) is 15.5 Å². The average molecular weight is 360 g/mol. The van der Waals surface area contributed by atoms with Gasteiger partial charge in [0.05, 0.1) is 11.9 Å². The standard InChI is InChI=1S/C20H16N4O3/c25-17-7-6-16(19(26)23-17)24-15-5-4-12(8-11-9-21-22-10-11)13-2-1-3-14(18(13)15)20(24)27/h1-5,9-10,16H,6-8H2,(H,21,22)(H,23,25,26). The minimum absolute atomic E-state index is 0.189. The topological polar surface area (TPSA) is 95.2 Å². The zero-order valence-corrected chi connectivity index (χ0v) is 14.4. The van der Waals surface area contributed by atoms with Crippen LogP contribution in [0.2, 0.25) is 0 Å². The second-order valence-corrected chi connectivity index (χ2v) is 6.90. The zero-order chi connectivity index (χ0) is 18.5. The van der Waals surface area contributed by atoms with Crippen LogP contribution in [0.3, 0.4) is 0 Å². The second-order valence-electron chi connectivity index (χ2n) is 6.90. The summed E-state index contributed by atoms with van der Waals surface area (Å²) in [7, 11) is 0. The van der Waals surface area contributed by atoms with Crippen LogP contribution in [0, 0.1) is 0 Å². The smallest absolute Gasteiger partial charge is 0.259 e. The summed E-state index contributed by atoms with van der Waals surface area (Å²) in [4.78, 5) is 38.4. The van der Waals surface area contributed by atoms with Crippen molar-refractivity contribution in [2.75, 3.05) is 4.90 Å². The lowest BCUT2D eigenvalue weighted by atomic mass is 9.97. The quantitative estimate of drug-likeness (QED) is 0.698. The molecule has 2 aliphatic heterocycles. The van der Waals surface area contributed by atoms with Gasteiger partial charge >= 0.3 is 0 Å². The third kappa shape index (κ3) is 2.35. The van der Waals surface area contributed by atoms with Crippen molar-refractivity contribution in [2.45, 2.75) is 25.3 Å². The number of H-pyrrole nitrogens is 1. The van der Waals surface area contributed by atoms with E-state index in [0.717, 1.165) is 27.6 Å². The average Bonchev–Trinajstić information content (AvgIpc) is 3.26. The summed E-state index contributed by atoms with van der Waals surface area (Å²) in [6, 6.07) is 8.89. The van der Waals surface area contributed by atoms with Gasteiger partial charge in [0.15, 0.2) is 0 Å². The molecule has 0 spiro atoms. The Balaban J connectivity index is 1.62. The Kier molecular flexibility index (Phi) is 3.36. The van der Waals surface area contributed by atoms with Crippen LogP contribution in [0.15, 0.2) is 42.7 Å². The Morgan fingerprint density at radius 1 is 1.15 bits per heavy atom. The van der Waals surface area contributed by atoms with Crippen LogP contribution in [0.4, 0.5) is 5.69 Å². The number of nitrogens with one attached hydrogen (secondary N) is 2. The van der Waals surface area contributed by atoms with Crippen molar-refractivity contribution in [2.24, 2.45) is 0 Å². The van der Waals surface area contributed by atoms with Crippen molar-refractivity contribution >= 4 is 34.2 Å². The summed E-state index contributed by atoms with van der Waals surface area (Å²) in [5.41, 5.74) is 3.48. The van der Waals surface area contributed by atoms with Crippen LogP contribution < -0.4 is 10.2 Å². The third-order valence-corrected chi connectivity index (χ3v) is 5.29. The van der Waals surface area contributed by atoms with E-state index in [0.29, 0.717) is 18.4 Å². The first-order valence-electron chi connectivity index (χ1n) is 8.83. The van der Waals surface area contributed by atoms with Crippen LogP contribution in [-0.2, 0) is 16.0 Å². The van der Waals surface area contributed by atoms with Gasteiger partial charge in [-0.05, 0) is 35.1 Å². The van der Waals surface area contributed by atoms with Gasteiger partial charge in [-0.25, -0.2) is 0 Å². The van der Waals surface area contributed by atoms with Gasteiger partial charge in [-0.3, -0.25) is 29.7 Å². The molecule has 2 N–H and O–H groups in total. The summed E-state index contributed by atoms with van der Waals surface area (Å²) in [6.07, 6.45) is 4.90. The van der Waals surface area contributed by atoms with E-state index in [-0.39, 0.29) is 18.2 Å². The number of rotatable bonds is 3. The number of hydrogen-bond acceptors (Lipinski definition) is 4. The molecule has 2 aliphatic rings. The lowest BCUT2D eigenvalue weighted by Gasteiger charge is -2.30. The molecule has 3 heterocycles. The van der Waals surface area contributed by atoms with Gasteiger partial charge in [0.1, 0.15) is 6.04 Å². The lowest BCUT2D eigenvalue weighted by Crippen LogP contribution is -2.53. The molecule has 3 aromatic rings. The number of hydrogen-bond donors (Lipinski definition) is 2. The van der Waals surface area contributed by atoms with Crippen molar-refractivity contribution in [1.29, 1.82) is 0 Å². The van der Waals surface area contributed by atoms with Crippen LogP contribution in [-0.4, -0.2) is 34.0 Å². The van der Waals surface area contributed by atoms with Crippen molar-refractivity contribution < 1.29 is 14.4 Å². The Bertz CT molecular complexity index is 1100. The number of piperidine rings is 1. The van der Waals surface area contributed by atoms with Gasteiger partial charge in [0.2, 0.25) is 11.8 Å². The summed E-state index contributed by atoms with van der Waals surface area (Å²) in [5, 5.41) is 11.0. The fraction of sp³-hybridized carbons (Fsp3) is 0.200. The second kappa shape index (κ2) is 5.77. The lowest BCUT2D eigenvalue weighted by molar-refractivity contribution is -0.134. The number of carbonyl (C=O) groups is 3. The van der Waals surface area contributed by atoms with Crippen LogP contribution >= 0.6 is 0 Å². The summed E-state index contributed by atoms with van der Waals surface area (Å²) in [6.45, 7) is 0. The molecule has 0 radical (unpaired) electrons. The number of imide groups is 1. The predicted molar refractivity (Wildman–Crippen MR) is 98.3 cm³/mol. The molecule has 7 nitrogen and oxygen atoms in total. The molecule has 1 fully saturated rings. The van der Waals surface area contributed by atoms with E-state index >= 15 is 0 Å². The highest BCUT2D eigenvalue weighted by Gasteiger charge is 2.40. The van der Waals surface area contributed by atoms with Crippen molar-refractivity contribution in [1.82, 2.24) is 15.5 Å². The molecule has 0 bridgehead atoms. The zero-order valence-electron chi connectivity index (χ0n) is 14.4. The van der Waals surface area contributed by atoms with Gasteiger partial charge in [-0.15, -0.1) is 0 Å². The highest BCUT2D eigenvalue weighted by atomic mass is 16.2. The fourth-order valence-electron chi connectivity index (χ4n) is 4.05. The predicted octanol–water partition coefficient (Wildman–Crippen LogP) is 1.92. The van der Waals surface area contributed by atoms with E-state index in [1.165, 1.54) is 0 Å². The Morgan fingerprint density at radius 2 is 2.04 bits per heavy atom. The summed E-state index contributed by atoms with van der Waals surface area (Å²) < 4.78 is 0. The van der Waals surface area contributed by atoms with Gasteiger partial charge in [-0.2, -0.15) is 5.10 Å². The highest BCUT2D eigenvalue weighted by Crippen LogP contribution is 2.41. The monoisotopic (exact) mass is 360 g/mol. The first-order chi connectivity index (χ1) is 13.1. The summed E-state index contributed by atoms with van der Waals surface area (Å²) in [5.74, 6) is -0.894. The largest absolute Gasteiger partial charge is 0.295 e. The molecular weight excluding hydrogens is 344 g/mol. The number of carbonyl (C=O) groups excluding carboxylic acids is 3. The highest BCUT2D eigenvalue weighted by molar-refractivity contribution is 6.27. The molecule has 0 aliphatic carbocycles. The maximum atomic E-state index is 13.1. The third-order valence-electron chi connectivity index (χ3n) is 5.29. The molecule has 0 saturated carbocycles. The SMILES string of the molecule is O=C1CCC(N2C(=O)c3cccc4c(Cc5cn[nH]c5)ccc2c34)C(=O)N1. The molecule has 2 aromatic carbocycles. The molecule has 1 saturated heterocycles. The fourth-order valence-corrected chi connectivity index (χ4v) is 4.05. The normalized spacial score (nSPS) is 19.0. The maximum absolute atomic E-state index is 13.1. The molecule has 3 amide bonds. The van der Waals surface area contributed by atoms with Crippen LogP contribution in [0.1, 0.15) is 34.3 Å². The van der Waals surface area contributed by atoms with Crippen molar-refractivity contribution in [3.8, 4) is 0 Å². The van der Waals surface area contributed by atoms with Crippen molar-refractivity contribution in [3.05, 3.63) is 59.4 Å². The van der Waals surface area contributed by atoms with Gasteiger partial charge in [0.25, 0.3) is 5.91 Å². The van der Waals surface area contributed by atoms with Crippen molar-refractivity contribution in [3.63, 3.8) is 0 Å². The minimum Gasteiger partial charge on any atom is -0.295 e. The Hall–Kier alpha value is -3.48. The molecule has 134 valence electrons. The van der Waals surface area contributed by atoms with Crippen LogP contribution in [0.5, 0.6) is 0 Å². The van der Waals surface area contributed by atoms with E-state index in [4.69, 9.17) is 0 Å². The first-order valence-corrected chi connectivity index (χ1v) is 8.83. The number of aromatic nitrogens is 2. The Morgan fingerprint density at radius 3 is 2.81 bits per heavy atom. The van der Waals surface area contributed by atoms with Gasteiger partial charge in [-0.1, -0.05) is 18.2 Å². The summed E-state index contributed by atoms with van der Waals surface area (Å²) >= 11 is 0. The molecule has 7 heteroatoms. The molecule has 5 rings (SSSR count). The number of anilines is 1. The maximum Gasteiger partial charge on any atom is 0.259 e. The van der Waals surface area contributed by atoms with E-state index in [9.17, 15) is 14.4 Å². The first kappa shape index (κ1) is 15.7. The number of aromatic amines is 1. The number of nitrogens with zero attached hydrogens (tertiary/aromatic N) is 2. The van der Waals surface area contributed by atoms with E-state index < -0.39 is 11.9 Å².